The number of hydrogen-bond acceptors (Lipinski definition) is 3. The molecule has 0 saturated heterocycles. The third kappa shape index (κ3) is 4.56. The van der Waals surface area contributed by atoms with Crippen LogP contribution in [0.2, 0.25) is 0 Å². The smallest absolute Gasteiger partial charge is 0.250 e. The minimum absolute atomic E-state index is 0.105. The van der Waals surface area contributed by atoms with Gasteiger partial charge in [-0.3, -0.25) is 4.79 Å². The van der Waals surface area contributed by atoms with Crippen LogP contribution in [0, 0.1) is 6.92 Å². The van der Waals surface area contributed by atoms with Gasteiger partial charge in [0.2, 0.25) is 0 Å². The predicted molar refractivity (Wildman–Crippen MR) is 142 cm³/mol. The number of carbonyl (C=O) groups is 1. The van der Waals surface area contributed by atoms with Gasteiger partial charge in [0, 0.05) is 17.9 Å². The van der Waals surface area contributed by atoms with Crippen LogP contribution in [-0.2, 0) is 23.8 Å². The van der Waals surface area contributed by atoms with E-state index in [-0.39, 0.29) is 10.8 Å². The van der Waals surface area contributed by atoms with Crippen LogP contribution in [0.15, 0.2) is 42.5 Å². The summed E-state index contributed by atoms with van der Waals surface area (Å²) in [5.41, 5.74) is 13.5. The number of amides is 1. The van der Waals surface area contributed by atoms with Crippen molar-refractivity contribution in [2.24, 2.45) is 5.73 Å². The molecule has 0 bridgehead atoms. The van der Waals surface area contributed by atoms with Crippen molar-refractivity contribution in [1.29, 1.82) is 0 Å². The van der Waals surface area contributed by atoms with Gasteiger partial charge < -0.3 is 19.8 Å². The number of carbonyl (C=O) groups excluding carboxylic acids is 1. The maximum Gasteiger partial charge on any atom is 0.250 e. The molecule has 1 amide bonds. The molecule has 35 heavy (non-hydrogen) atoms. The molecule has 0 atom stereocenters. The van der Waals surface area contributed by atoms with Crippen LogP contribution in [0.3, 0.4) is 0 Å². The molecule has 1 aromatic heterocycles. The van der Waals surface area contributed by atoms with Gasteiger partial charge in [0.05, 0.1) is 19.8 Å². The highest BCUT2D eigenvalue weighted by Crippen LogP contribution is 2.47. The van der Waals surface area contributed by atoms with Gasteiger partial charge in [-0.2, -0.15) is 0 Å². The molecule has 2 N–H and O–H groups in total. The van der Waals surface area contributed by atoms with E-state index in [1.807, 2.05) is 31.2 Å². The lowest BCUT2D eigenvalue weighted by Gasteiger charge is -2.42. The number of benzene rings is 2. The quantitative estimate of drug-likeness (QED) is 0.445. The molecule has 5 nitrogen and oxygen atoms in total. The average molecular weight is 475 g/mol. The van der Waals surface area contributed by atoms with E-state index in [1.165, 1.54) is 17.5 Å². The molecular weight excluding hydrogens is 436 g/mol. The van der Waals surface area contributed by atoms with Crippen LogP contribution in [0.5, 0.6) is 11.5 Å². The SMILES string of the molecule is COc1ccc(OC)c(CCn2c(-c3ccc4c(c3)C(C)(C)CCC4(C)C)cc(C(N)=O)c2C)c1. The first-order valence-corrected chi connectivity index (χ1v) is 12.3. The minimum Gasteiger partial charge on any atom is -0.497 e. The third-order valence-electron chi connectivity index (χ3n) is 7.87. The molecule has 1 aliphatic carbocycles. The average Bonchev–Trinajstić information content (AvgIpc) is 3.16. The fourth-order valence-corrected chi connectivity index (χ4v) is 5.48. The minimum atomic E-state index is -0.402. The number of nitrogens with two attached hydrogens (primary N) is 1. The number of hydrogen-bond donors (Lipinski definition) is 1. The summed E-state index contributed by atoms with van der Waals surface area (Å²) in [7, 11) is 3.34. The van der Waals surface area contributed by atoms with E-state index < -0.39 is 5.91 Å². The normalized spacial score (nSPS) is 16.0. The maximum absolute atomic E-state index is 12.3. The lowest BCUT2D eigenvalue weighted by Crippen LogP contribution is -2.33. The van der Waals surface area contributed by atoms with Crippen LogP contribution in [0.1, 0.15) is 73.3 Å². The third-order valence-corrected chi connectivity index (χ3v) is 7.87. The van der Waals surface area contributed by atoms with Gasteiger partial charge >= 0.3 is 0 Å². The second-order valence-electron chi connectivity index (χ2n) is 11.0. The van der Waals surface area contributed by atoms with E-state index in [0.717, 1.165) is 46.9 Å². The largest absolute Gasteiger partial charge is 0.497 e. The molecule has 2 aromatic carbocycles. The van der Waals surface area contributed by atoms with Crippen molar-refractivity contribution in [1.82, 2.24) is 4.57 Å². The molecule has 3 aromatic rings. The van der Waals surface area contributed by atoms with E-state index >= 15 is 0 Å². The lowest BCUT2D eigenvalue weighted by molar-refractivity contribution is 0.0999. The lowest BCUT2D eigenvalue weighted by atomic mass is 9.63. The standard InChI is InChI=1S/C30H38N2O3/c1-19-23(28(31)33)18-26(32(19)15-12-21-16-22(34-6)9-11-27(21)35-7)20-8-10-24-25(17-20)30(4,5)14-13-29(24,2)3/h8-11,16-18H,12-15H2,1-7H3,(H2,31,33). The number of aromatic nitrogens is 1. The van der Waals surface area contributed by atoms with Crippen LogP contribution < -0.4 is 15.2 Å². The Morgan fingerprint density at radius 2 is 1.63 bits per heavy atom. The Morgan fingerprint density at radius 1 is 0.943 bits per heavy atom. The van der Waals surface area contributed by atoms with Crippen molar-refractivity contribution in [3.8, 4) is 22.8 Å². The summed E-state index contributed by atoms with van der Waals surface area (Å²) in [6.45, 7) is 12.0. The number of fused-ring (bicyclic) bond motifs is 1. The van der Waals surface area contributed by atoms with Gasteiger partial charge in [-0.25, -0.2) is 0 Å². The Labute approximate surface area is 209 Å². The molecule has 0 fully saturated rings. The van der Waals surface area contributed by atoms with Crippen molar-refractivity contribution in [2.75, 3.05) is 14.2 Å². The van der Waals surface area contributed by atoms with Gasteiger partial charge in [-0.05, 0) is 89.6 Å². The zero-order chi connectivity index (χ0) is 25.5. The first kappa shape index (κ1) is 24.9. The number of rotatable bonds is 7. The Morgan fingerprint density at radius 3 is 2.26 bits per heavy atom. The molecule has 0 spiro atoms. The molecule has 4 rings (SSSR count). The molecule has 1 aliphatic rings. The second kappa shape index (κ2) is 9.10. The summed E-state index contributed by atoms with van der Waals surface area (Å²) in [4.78, 5) is 12.3. The summed E-state index contributed by atoms with van der Waals surface area (Å²) >= 11 is 0. The van der Waals surface area contributed by atoms with Crippen LogP contribution in [0.4, 0.5) is 0 Å². The number of nitrogens with zero attached hydrogens (tertiary/aromatic N) is 1. The van der Waals surface area contributed by atoms with Crippen LogP contribution in [-0.4, -0.2) is 24.7 Å². The van der Waals surface area contributed by atoms with E-state index in [2.05, 4.69) is 50.5 Å². The van der Waals surface area contributed by atoms with E-state index in [1.54, 1.807) is 14.2 Å². The Kier molecular flexibility index (Phi) is 6.48. The Bertz CT molecular complexity index is 1270. The fraction of sp³-hybridized carbons (Fsp3) is 0.433. The zero-order valence-electron chi connectivity index (χ0n) is 22.1. The predicted octanol–water partition coefficient (Wildman–Crippen LogP) is 6.17. The first-order chi connectivity index (χ1) is 16.5. The summed E-state index contributed by atoms with van der Waals surface area (Å²) in [6.07, 6.45) is 3.05. The van der Waals surface area contributed by atoms with Crippen LogP contribution in [0.25, 0.3) is 11.3 Å². The summed E-state index contributed by atoms with van der Waals surface area (Å²) in [5, 5.41) is 0. The molecule has 0 unspecified atom stereocenters. The van der Waals surface area contributed by atoms with Gasteiger partial charge in [0.15, 0.2) is 0 Å². The van der Waals surface area contributed by atoms with Crippen LogP contribution >= 0.6 is 0 Å². The van der Waals surface area contributed by atoms with Crippen molar-refractivity contribution < 1.29 is 14.3 Å². The molecule has 0 saturated carbocycles. The van der Waals surface area contributed by atoms with E-state index in [0.29, 0.717) is 12.1 Å². The monoisotopic (exact) mass is 474 g/mol. The Hall–Kier alpha value is -3.21. The topological polar surface area (TPSA) is 66.5 Å². The van der Waals surface area contributed by atoms with Crippen molar-refractivity contribution in [3.05, 3.63) is 70.4 Å². The highest BCUT2D eigenvalue weighted by molar-refractivity contribution is 5.95. The van der Waals surface area contributed by atoms with Gasteiger partial charge in [0.1, 0.15) is 11.5 Å². The Balaban J connectivity index is 1.79. The number of ether oxygens (including phenoxy) is 2. The van der Waals surface area contributed by atoms with Gasteiger partial charge in [-0.15, -0.1) is 0 Å². The highest BCUT2D eigenvalue weighted by atomic mass is 16.5. The van der Waals surface area contributed by atoms with Crippen molar-refractivity contribution in [2.45, 2.75) is 71.3 Å². The van der Waals surface area contributed by atoms with E-state index in [4.69, 9.17) is 15.2 Å². The molecule has 186 valence electrons. The summed E-state index contributed by atoms with van der Waals surface area (Å²) in [5.74, 6) is 1.22. The summed E-state index contributed by atoms with van der Waals surface area (Å²) in [6, 6.07) is 14.6. The fourth-order valence-electron chi connectivity index (χ4n) is 5.48. The molecule has 0 aliphatic heterocycles. The van der Waals surface area contributed by atoms with E-state index in [9.17, 15) is 4.79 Å². The number of primary amides is 1. The van der Waals surface area contributed by atoms with Crippen molar-refractivity contribution in [3.63, 3.8) is 0 Å². The molecule has 1 heterocycles. The molecule has 5 heteroatoms. The maximum atomic E-state index is 12.3. The number of methoxy groups -OCH3 is 2. The molecule has 0 radical (unpaired) electrons. The van der Waals surface area contributed by atoms with Gasteiger partial charge in [0.25, 0.3) is 5.91 Å². The first-order valence-electron chi connectivity index (χ1n) is 12.3. The summed E-state index contributed by atoms with van der Waals surface area (Å²) < 4.78 is 13.2. The molecular formula is C30H38N2O3. The van der Waals surface area contributed by atoms with Gasteiger partial charge in [-0.1, -0.05) is 39.8 Å². The highest BCUT2D eigenvalue weighted by Gasteiger charge is 2.37. The second-order valence-corrected chi connectivity index (χ2v) is 11.0. The van der Waals surface area contributed by atoms with Crippen molar-refractivity contribution >= 4 is 5.91 Å². The zero-order valence-corrected chi connectivity index (χ0v) is 22.1. The number of aryl methyl sites for hydroxylation is 1.